The molecule has 1 saturated heterocycles. The minimum absolute atomic E-state index is 0.0518. The Hall–Kier alpha value is -2.95. The second kappa shape index (κ2) is 8.53. The lowest BCUT2D eigenvalue weighted by Crippen LogP contribution is -2.40. The van der Waals surface area contributed by atoms with Crippen molar-refractivity contribution < 1.29 is 19.1 Å². The topological polar surface area (TPSA) is 57.6 Å². The second-order valence-corrected chi connectivity index (χ2v) is 9.24. The maximum absolute atomic E-state index is 13.7. The van der Waals surface area contributed by atoms with Crippen molar-refractivity contribution in [1.29, 1.82) is 0 Å². The maximum Gasteiger partial charge on any atom is 0.295 e. The highest BCUT2D eigenvalue weighted by Crippen LogP contribution is 2.43. The third-order valence-corrected chi connectivity index (χ3v) is 7.26. The molecule has 0 radical (unpaired) electrons. The van der Waals surface area contributed by atoms with Gasteiger partial charge in [0.15, 0.2) is 0 Å². The van der Waals surface area contributed by atoms with E-state index in [0.717, 1.165) is 57.8 Å². The zero-order valence-electron chi connectivity index (χ0n) is 18.1. The first kappa shape index (κ1) is 20.9. The molecule has 2 aliphatic carbocycles. The van der Waals surface area contributed by atoms with E-state index in [1.54, 1.807) is 17.0 Å². The summed E-state index contributed by atoms with van der Waals surface area (Å²) in [6.45, 7) is 0. The molecule has 2 aromatic rings. The van der Waals surface area contributed by atoms with Crippen molar-refractivity contribution in [2.24, 2.45) is 0 Å². The SMILES string of the molecule is O=C1C(=O)N(C2CCCCC2)C(c2ccc(F)cc2)/C1=C(/O)c1ccc2c(c1)CCCC2. The Morgan fingerprint density at radius 2 is 1.56 bits per heavy atom. The summed E-state index contributed by atoms with van der Waals surface area (Å²) in [4.78, 5) is 28.1. The first-order chi connectivity index (χ1) is 15.5. The molecule has 1 aliphatic heterocycles. The number of Topliss-reactive ketones (excluding diaryl/α,β-unsaturated/α-hetero) is 1. The lowest BCUT2D eigenvalue weighted by molar-refractivity contribution is -0.141. The number of aryl methyl sites for hydroxylation is 2. The first-order valence-corrected chi connectivity index (χ1v) is 11.7. The van der Waals surface area contributed by atoms with Crippen molar-refractivity contribution in [2.75, 3.05) is 0 Å². The van der Waals surface area contributed by atoms with Crippen LogP contribution in [0.25, 0.3) is 5.76 Å². The number of hydrogen-bond donors (Lipinski definition) is 1. The van der Waals surface area contributed by atoms with Gasteiger partial charge in [-0.1, -0.05) is 43.5 Å². The Bertz CT molecular complexity index is 1080. The van der Waals surface area contributed by atoms with E-state index in [-0.39, 0.29) is 23.2 Å². The fraction of sp³-hybridized carbons (Fsp3) is 0.407. The quantitative estimate of drug-likeness (QED) is 0.397. The molecule has 1 amide bonds. The molecule has 0 aromatic heterocycles. The molecule has 166 valence electrons. The van der Waals surface area contributed by atoms with Crippen LogP contribution >= 0.6 is 0 Å². The monoisotopic (exact) mass is 433 g/mol. The zero-order chi connectivity index (χ0) is 22.2. The number of rotatable bonds is 3. The Kier molecular flexibility index (Phi) is 5.58. The van der Waals surface area contributed by atoms with Crippen molar-refractivity contribution in [3.05, 3.63) is 76.1 Å². The average Bonchev–Trinajstić information content (AvgIpc) is 3.09. The number of amides is 1. The van der Waals surface area contributed by atoms with Crippen LogP contribution in [-0.4, -0.2) is 27.7 Å². The molecule has 3 aliphatic rings. The number of benzene rings is 2. The molecule has 2 fully saturated rings. The van der Waals surface area contributed by atoms with Gasteiger partial charge in [-0.05, 0) is 73.4 Å². The predicted octanol–water partition coefficient (Wildman–Crippen LogP) is 5.46. The van der Waals surface area contributed by atoms with Crippen LogP contribution in [0.1, 0.15) is 73.2 Å². The molecule has 32 heavy (non-hydrogen) atoms. The van der Waals surface area contributed by atoms with Gasteiger partial charge in [-0.3, -0.25) is 9.59 Å². The van der Waals surface area contributed by atoms with Crippen LogP contribution in [0.5, 0.6) is 0 Å². The van der Waals surface area contributed by atoms with Gasteiger partial charge in [0.1, 0.15) is 11.6 Å². The predicted molar refractivity (Wildman–Crippen MR) is 120 cm³/mol. The number of carbonyl (C=O) groups excluding carboxylic acids is 2. The van der Waals surface area contributed by atoms with Gasteiger partial charge >= 0.3 is 0 Å². The Morgan fingerprint density at radius 1 is 0.875 bits per heavy atom. The van der Waals surface area contributed by atoms with Gasteiger partial charge in [-0.25, -0.2) is 4.39 Å². The standard InChI is InChI=1S/C27H28FNO3/c28-21-14-12-18(13-15-21)24-23(26(31)27(32)29(24)22-8-2-1-3-9-22)25(30)20-11-10-17-6-4-5-7-19(17)16-20/h10-16,22,24,30H,1-9H2/b25-23-. The molecule has 1 heterocycles. The lowest BCUT2D eigenvalue weighted by atomic mass is 9.88. The molecule has 2 aromatic carbocycles. The smallest absolute Gasteiger partial charge is 0.295 e. The summed E-state index contributed by atoms with van der Waals surface area (Å²) in [5.74, 6) is -1.73. The van der Waals surface area contributed by atoms with E-state index in [1.165, 1.54) is 23.3 Å². The number of fused-ring (bicyclic) bond motifs is 1. The van der Waals surface area contributed by atoms with Gasteiger partial charge in [-0.2, -0.15) is 0 Å². The molecule has 1 saturated carbocycles. The van der Waals surface area contributed by atoms with Gasteiger partial charge in [0.05, 0.1) is 11.6 Å². The van der Waals surface area contributed by atoms with Gasteiger partial charge < -0.3 is 10.0 Å². The highest BCUT2D eigenvalue weighted by Gasteiger charge is 2.48. The minimum Gasteiger partial charge on any atom is -0.507 e. The maximum atomic E-state index is 13.7. The van der Waals surface area contributed by atoms with Crippen LogP contribution in [0.15, 0.2) is 48.0 Å². The summed E-state index contributed by atoms with van der Waals surface area (Å²) in [5.41, 5.74) is 3.81. The summed E-state index contributed by atoms with van der Waals surface area (Å²) in [6.07, 6.45) is 9.06. The summed E-state index contributed by atoms with van der Waals surface area (Å²) < 4.78 is 13.7. The molecule has 1 N–H and O–H groups in total. The van der Waals surface area contributed by atoms with E-state index >= 15 is 0 Å². The molecule has 0 spiro atoms. The number of likely N-dealkylation sites (tertiary alicyclic amines) is 1. The van der Waals surface area contributed by atoms with Gasteiger partial charge in [-0.15, -0.1) is 0 Å². The minimum atomic E-state index is -0.699. The number of aliphatic hydroxyl groups excluding tert-OH is 1. The summed E-state index contributed by atoms with van der Waals surface area (Å²) in [5, 5.41) is 11.3. The van der Waals surface area contributed by atoms with E-state index < -0.39 is 17.7 Å². The van der Waals surface area contributed by atoms with E-state index in [9.17, 15) is 19.1 Å². The van der Waals surface area contributed by atoms with E-state index in [1.807, 2.05) is 18.2 Å². The lowest BCUT2D eigenvalue weighted by Gasteiger charge is -2.35. The molecule has 5 heteroatoms. The van der Waals surface area contributed by atoms with Crippen LogP contribution in [0.2, 0.25) is 0 Å². The van der Waals surface area contributed by atoms with Crippen molar-refractivity contribution in [1.82, 2.24) is 4.90 Å². The Labute approximate surface area is 187 Å². The van der Waals surface area contributed by atoms with Crippen molar-refractivity contribution in [3.63, 3.8) is 0 Å². The second-order valence-electron chi connectivity index (χ2n) is 9.24. The average molecular weight is 434 g/mol. The zero-order valence-corrected chi connectivity index (χ0v) is 18.1. The normalized spacial score (nSPS) is 23.4. The molecule has 0 bridgehead atoms. The van der Waals surface area contributed by atoms with Gasteiger partial charge in [0, 0.05) is 11.6 Å². The van der Waals surface area contributed by atoms with E-state index in [4.69, 9.17) is 0 Å². The number of hydrogen-bond acceptors (Lipinski definition) is 3. The largest absolute Gasteiger partial charge is 0.507 e. The molecular formula is C27H28FNO3. The third kappa shape index (κ3) is 3.64. The highest BCUT2D eigenvalue weighted by atomic mass is 19.1. The summed E-state index contributed by atoms with van der Waals surface area (Å²) in [7, 11) is 0. The van der Waals surface area contributed by atoms with Crippen LogP contribution in [0, 0.1) is 5.82 Å². The van der Waals surface area contributed by atoms with Crippen LogP contribution in [0.4, 0.5) is 4.39 Å². The Morgan fingerprint density at radius 3 is 2.28 bits per heavy atom. The van der Waals surface area contributed by atoms with E-state index in [0.29, 0.717) is 11.1 Å². The molecule has 4 nitrogen and oxygen atoms in total. The summed E-state index contributed by atoms with van der Waals surface area (Å²) in [6, 6.07) is 11.0. The highest BCUT2D eigenvalue weighted by molar-refractivity contribution is 6.46. The van der Waals surface area contributed by atoms with E-state index in [2.05, 4.69) is 0 Å². The van der Waals surface area contributed by atoms with Gasteiger partial charge in [0.2, 0.25) is 0 Å². The summed E-state index contributed by atoms with van der Waals surface area (Å²) >= 11 is 0. The fourth-order valence-electron chi connectivity index (χ4n) is 5.59. The Balaban J connectivity index is 1.63. The van der Waals surface area contributed by atoms with Crippen LogP contribution in [-0.2, 0) is 22.4 Å². The molecule has 1 atom stereocenters. The van der Waals surface area contributed by atoms with Crippen molar-refractivity contribution >= 4 is 17.4 Å². The van der Waals surface area contributed by atoms with Crippen molar-refractivity contribution in [3.8, 4) is 0 Å². The molecule has 1 unspecified atom stereocenters. The number of nitrogens with zero attached hydrogens (tertiary/aromatic N) is 1. The van der Waals surface area contributed by atoms with Crippen LogP contribution < -0.4 is 0 Å². The number of halogens is 1. The number of carbonyl (C=O) groups is 2. The number of ketones is 1. The number of aliphatic hydroxyl groups is 1. The molecular weight excluding hydrogens is 405 g/mol. The van der Waals surface area contributed by atoms with Gasteiger partial charge in [0.25, 0.3) is 11.7 Å². The van der Waals surface area contributed by atoms with Crippen molar-refractivity contribution in [2.45, 2.75) is 69.9 Å². The fourth-order valence-corrected chi connectivity index (χ4v) is 5.59. The van der Waals surface area contributed by atoms with Crippen LogP contribution in [0.3, 0.4) is 0 Å². The first-order valence-electron chi connectivity index (χ1n) is 11.7. The third-order valence-electron chi connectivity index (χ3n) is 7.26. The molecule has 5 rings (SSSR count).